The number of amides is 2. The van der Waals surface area contributed by atoms with Gasteiger partial charge in [0.25, 0.3) is 0 Å². The van der Waals surface area contributed by atoms with Crippen molar-refractivity contribution < 1.29 is 30.1 Å². The lowest BCUT2D eigenvalue weighted by Gasteiger charge is -2.46. The van der Waals surface area contributed by atoms with E-state index in [1.54, 1.807) is 25.9 Å². The first-order valence-electron chi connectivity index (χ1n) is 8.75. The molecule has 2 amide bonds. The molecule has 3 aliphatic heterocycles. The van der Waals surface area contributed by atoms with E-state index < -0.39 is 18.0 Å². The van der Waals surface area contributed by atoms with E-state index in [2.05, 4.69) is 5.32 Å². The van der Waals surface area contributed by atoms with E-state index >= 15 is 0 Å². The van der Waals surface area contributed by atoms with Crippen molar-refractivity contribution in [3.05, 3.63) is 10.6 Å². The monoisotopic (exact) mass is 401 g/mol. The van der Waals surface area contributed by atoms with Crippen molar-refractivity contribution in [2.45, 2.75) is 43.7 Å². The molecular weight excluding hydrogens is 374 g/mol. The Labute approximate surface area is 162 Å². The van der Waals surface area contributed by atoms with E-state index in [0.717, 1.165) is 0 Å². The van der Waals surface area contributed by atoms with Crippen LogP contribution in [0.25, 0.3) is 0 Å². The Morgan fingerprint density at radius 2 is 2.00 bits per heavy atom. The van der Waals surface area contributed by atoms with Crippen molar-refractivity contribution in [2.75, 3.05) is 20.6 Å². The highest BCUT2D eigenvalue weighted by Gasteiger charge is 2.60. The number of hydrogen-bond donors (Lipinski definition) is 3. The molecule has 0 aliphatic carbocycles. The molecule has 5 N–H and O–H groups in total. The minimum atomic E-state index is -1.12. The number of carbonyl (C=O) groups is 3. The van der Waals surface area contributed by atoms with Crippen LogP contribution in [0.1, 0.15) is 20.3 Å². The van der Waals surface area contributed by atoms with Gasteiger partial charge in [-0.2, -0.15) is 0 Å². The Morgan fingerprint density at radius 3 is 2.52 bits per heavy atom. The second-order valence-corrected chi connectivity index (χ2v) is 8.78. The van der Waals surface area contributed by atoms with Crippen LogP contribution in [-0.2, 0) is 14.4 Å². The third-order valence-electron chi connectivity index (χ3n) is 5.43. The maximum atomic E-state index is 12.3. The number of aliphatic carboxylic acids is 1. The van der Waals surface area contributed by atoms with Crippen molar-refractivity contribution >= 4 is 29.5 Å². The van der Waals surface area contributed by atoms with Crippen LogP contribution in [0.4, 0.5) is 0 Å². The molecule has 2 saturated heterocycles. The fourth-order valence-electron chi connectivity index (χ4n) is 4.15. The summed E-state index contributed by atoms with van der Waals surface area (Å²) in [6.07, 6.45) is -0.190. The van der Waals surface area contributed by atoms with Gasteiger partial charge in [-0.25, -0.2) is 4.79 Å². The fraction of sp³-hybridized carbons (Fsp3) is 0.706. The average molecular weight is 401 g/mol. The zero-order valence-corrected chi connectivity index (χ0v) is 16.6. The summed E-state index contributed by atoms with van der Waals surface area (Å²) in [4.78, 5) is 39.8. The van der Waals surface area contributed by atoms with Gasteiger partial charge in [0.2, 0.25) is 11.8 Å². The molecule has 6 atom stereocenters. The van der Waals surface area contributed by atoms with Crippen LogP contribution < -0.4 is 5.32 Å². The van der Waals surface area contributed by atoms with E-state index in [9.17, 15) is 24.6 Å². The van der Waals surface area contributed by atoms with Gasteiger partial charge in [0.1, 0.15) is 5.70 Å². The highest BCUT2D eigenvalue weighted by molar-refractivity contribution is 8.03. The number of fused-ring (bicyclic) bond motifs is 1. The van der Waals surface area contributed by atoms with Gasteiger partial charge in [0.15, 0.2) is 0 Å². The highest BCUT2D eigenvalue weighted by Crippen LogP contribution is 2.51. The highest BCUT2D eigenvalue weighted by atomic mass is 32.2. The standard InChI is InChI=1S/C17H25N3O5S.H2O/c1-7-12-11(8(2)21)16(23)20(12)13(17(24)25)14(7)26-9-5-10(18-6-9)15(22)19(3)4;/h7-12,18,21H,5-6H2,1-4H3,(H,24,25);1H2/t7-,8+,9+,10+,11-,12-;/m1./s1. The van der Waals surface area contributed by atoms with Crippen molar-refractivity contribution in [1.82, 2.24) is 15.1 Å². The summed E-state index contributed by atoms with van der Waals surface area (Å²) in [5.41, 5.74) is 0.0387. The molecule has 9 nitrogen and oxygen atoms in total. The summed E-state index contributed by atoms with van der Waals surface area (Å²) in [5, 5.41) is 22.8. The molecule has 0 radical (unpaired) electrons. The Morgan fingerprint density at radius 1 is 1.37 bits per heavy atom. The van der Waals surface area contributed by atoms with Crippen molar-refractivity contribution in [3.8, 4) is 0 Å². The second kappa shape index (κ2) is 7.78. The van der Waals surface area contributed by atoms with Crippen LogP contribution in [0.3, 0.4) is 0 Å². The summed E-state index contributed by atoms with van der Waals surface area (Å²) in [7, 11) is 3.42. The normalized spacial score (nSPS) is 33.3. The van der Waals surface area contributed by atoms with Gasteiger partial charge >= 0.3 is 5.97 Å². The number of hydrogen-bond acceptors (Lipinski definition) is 6. The van der Waals surface area contributed by atoms with Gasteiger partial charge in [0, 0.05) is 36.7 Å². The smallest absolute Gasteiger partial charge is 0.353 e. The van der Waals surface area contributed by atoms with Crippen molar-refractivity contribution in [2.24, 2.45) is 11.8 Å². The lowest BCUT2D eigenvalue weighted by atomic mass is 9.79. The Balaban J connectivity index is 0.00000261. The quantitative estimate of drug-likeness (QED) is 0.495. The number of carboxylic acids is 1. The van der Waals surface area contributed by atoms with Crippen molar-refractivity contribution in [3.63, 3.8) is 0 Å². The molecule has 0 bridgehead atoms. The maximum absolute atomic E-state index is 12.3. The number of nitrogens with zero attached hydrogens (tertiary/aromatic N) is 2. The molecule has 0 aromatic carbocycles. The first-order valence-corrected chi connectivity index (χ1v) is 9.62. The SMILES string of the molecule is C[C@H](O)[C@H]1C(=O)N2C(C(=O)O)=C(S[C@@H]3CN[C@H](C(=O)N(C)C)C3)[C@H](C)[C@H]12.O. The lowest BCUT2D eigenvalue weighted by Crippen LogP contribution is -2.63. The van der Waals surface area contributed by atoms with Crippen LogP contribution in [0.15, 0.2) is 10.6 Å². The first-order chi connectivity index (χ1) is 12.1. The summed E-state index contributed by atoms with van der Waals surface area (Å²) in [6, 6.07) is -0.568. The molecule has 10 heteroatoms. The Hall–Kier alpha value is -1.62. The van der Waals surface area contributed by atoms with Gasteiger partial charge < -0.3 is 30.8 Å². The number of carbonyl (C=O) groups excluding carboxylic acids is 2. The largest absolute Gasteiger partial charge is 0.477 e. The van der Waals surface area contributed by atoms with Crippen LogP contribution in [-0.4, -0.2) is 87.4 Å². The average Bonchev–Trinajstić information content (AvgIpc) is 3.09. The Kier molecular flexibility index (Phi) is 6.25. The minimum Gasteiger partial charge on any atom is -0.477 e. The molecule has 0 aromatic heterocycles. The van der Waals surface area contributed by atoms with Crippen LogP contribution in [0.5, 0.6) is 0 Å². The summed E-state index contributed by atoms with van der Waals surface area (Å²) >= 11 is 1.45. The molecule has 0 unspecified atom stereocenters. The predicted molar refractivity (Wildman–Crippen MR) is 99.7 cm³/mol. The van der Waals surface area contributed by atoms with Gasteiger partial charge in [0.05, 0.1) is 24.1 Å². The number of carboxylic acid groups (broad SMARTS) is 1. The fourth-order valence-corrected chi connectivity index (χ4v) is 5.63. The molecular formula is C17H27N3O6S. The number of rotatable bonds is 5. The maximum Gasteiger partial charge on any atom is 0.353 e. The molecule has 152 valence electrons. The second-order valence-electron chi connectivity index (χ2n) is 7.44. The van der Waals surface area contributed by atoms with Crippen LogP contribution >= 0.6 is 11.8 Å². The number of thioether (sulfide) groups is 1. The Bertz CT molecular complexity index is 680. The zero-order chi connectivity index (χ0) is 19.3. The molecule has 0 aromatic rings. The first kappa shape index (κ1) is 21.7. The van der Waals surface area contributed by atoms with Crippen LogP contribution in [0.2, 0.25) is 0 Å². The third-order valence-corrected chi connectivity index (χ3v) is 6.95. The number of aliphatic hydroxyl groups excluding tert-OH is 1. The van der Waals surface area contributed by atoms with E-state index in [-0.39, 0.29) is 46.2 Å². The number of β-lactam (4-membered cyclic amide) rings is 1. The molecule has 2 fully saturated rings. The van der Waals surface area contributed by atoms with E-state index in [1.165, 1.54) is 16.7 Å². The van der Waals surface area contributed by atoms with E-state index in [4.69, 9.17) is 0 Å². The summed E-state index contributed by atoms with van der Waals surface area (Å²) in [6.45, 7) is 4.08. The van der Waals surface area contributed by atoms with Gasteiger partial charge in [-0.15, -0.1) is 11.8 Å². The van der Waals surface area contributed by atoms with E-state index in [1.807, 2.05) is 6.92 Å². The molecule has 3 heterocycles. The molecule has 27 heavy (non-hydrogen) atoms. The summed E-state index contributed by atoms with van der Waals surface area (Å²) in [5.74, 6) is -2.14. The molecule has 3 aliphatic rings. The molecule has 0 spiro atoms. The lowest BCUT2D eigenvalue weighted by molar-refractivity contribution is -0.163. The van der Waals surface area contributed by atoms with E-state index in [0.29, 0.717) is 17.9 Å². The van der Waals surface area contributed by atoms with Crippen molar-refractivity contribution in [1.29, 1.82) is 0 Å². The topological polar surface area (TPSA) is 142 Å². The van der Waals surface area contributed by atoms with Gasteiger partial charge in [-0.3, -0.25) is 9.59 Å². The molecule has 0 saturated carbocycles. The zero-order valence-electron chi connectivity index (χ0n) is 15.8. The van der Waals surface area contributed by atoms with Crippen LogP contribution in [0, 0.1) is 11.8 Å². The molecule has 3 rings (SSSR count). The predicted octanol–water partition coefficient (Wildman–Crippen LogP) is -1.13. The number of aliphatic hydroxyl groups is 1. The number of nitrogens with one attached hydrogen (secondary N) is 1. The van der Waals surface area contributed by atoms with Gasteiger partial charge in [-0.05, 0) is 13.3 Å². The third kappa shape index (κ3) is 3.46. The minimum absolute atomic E-state index is 0. The number of likely N-dealkylation sites (N-methyl/N-ethyl adjacent to an activating group) is 1. The summed E-state index contributed by atoms with van der Waals surface area (Å²) < 4.78 is 0. The van der Waals surface area contributed by atoms with Gasteiger partial charge in [-0.1, -0.05) is 6.92 Å².